The van der Waals surface area contributed by atoms with Crippen LogP contribution in [0.25, 0.3) is 0 Å². The van der Waals surface area contributed by atoms with Gasteiger partial charge in [0.25, 0.3) is 0 Å². The fraction of sp³-hybridized carbons (Fsp3) is 0.444. The Labute approximate surface area is 66.9 Å². The van der Waals surface area contributed by atoms with Gasteiger partial charge in [0.1, 0.15) is 0 Å². The van der Waals surface area contributed by atoms with Crippen molar-refractivity contribution >= 4 is 0 Å². The van der Waals surface area contributed by atoms with Crippen LogP contribution in [0.1, 0.15) is 24.2 Å². The molecule has 0 amide bonds. The maximum atomic E-state index is 8.84. The van der Waals surface area contributed by atoms with Crippen LogP contribution in [-0.2, 0) is 0 Å². The molecule has 1 aromatic rings. The first-order valence-electron chi connectivity index (χ1n) is 3.78. The minimum Gasteiger partial charge on any atom is -0.396 e. The van der Waals surface area contributed by atoms with E-state index in [2.05, 4.69) is 4.98 Å². The number of aromatic nitrogens is 1. The van der Waals surface area contributed by atoms with Crippen LogP contribution in [0.2, 0.25) is 0 Å². The summed E-state index contributed by atoms with van der Waals surface area (Å²) in [5.74, 6) is 0.148. The summed E-state index contributed by atoms with van der Waals surface area (Å²) >= 11 is 0. The van der Waals surface area contributed by atoms with E-state index in [1.807, 2.05) is 32.0 Å². The van der Waals surface area contributed by atoms with Crippen LogP contribution in [0.5, 0.6) is 0 Å². The average Bonchev–Trinajstić information content (AvgIpc) is 2.03. The molecule has 1 unspecified atom stereocenters. The van der Waals surface area contributed by atoms with Gasteiger partial charge in [-0.05, 0) is 19.1 Å². The molecule has 60 valence electrons. The minimum atomic E-state index is 0.148. The third-order valence-electron chi connectivity index (χ3n) is 1.69. The Morgan fingerprint density at radius 1 is 1.55 bits per heavy atom. The van der Waals surface area contributed by atoms with Crippen molar-refractivity contribution < 1.29 is 5.11 Å². The monoisotopic (exact) mass is 151 g/mol. The summed E-state index contributed by atoms with van der Waals surface area (Å²) in [5, 5.41) is 8.84. The molecule has 1 N–H and O–H groups in total. The van der Waals surface area contributed by atoms with Gasteiger partial charge in [0.05, 0.1) is 6.61 Å². The molecule has 1 heterocycles. The minimum absolute atomic E-state index is 0.148. The number of aliphatic hydroxyl groups excluding tert-OH is 1. The van der Waals surface area contributed by atoms with Crippen LogP contribution < -0.4 is 0 Å². The van der Waals surface area contributed by atoms with Crippen LogP contribution in [0, 0.1) is 6.92 Å². The summed E-state index contributed by atoms with van der Waals surface area (Å²) in [5.41, 5.74) is 1.97. The summed E-state index contributed by atoms with van der Waals surface area (Å²) in [6.07, 6.45) is 0. The number of pyridine rings is 1. The molecule has 0 aliphatic rings. The Balaban J connectivity index is 2.86. The molecule has 0 aliphatic carbocycles. The highest BCUT2D eigenvalue weighted by atomic mass is 16.3. The zero-order chi connectivity index (χ0) is 8.27. The van der Waals surface area contributed by atoms with E-state index in [1.54, 1.807) is 0 Å². The summed E-state index contributed by atoms with van der Waals surface area (Å²) < 4.78 is 0. The maximum Gasteiger partial charge on any atom is 0.0512 e. The van der Waals surface area contributed by atoms with Crippen molar-refractivity contribution in [2.45, 2.75) is 19.8 Å². The predicted molar refractivity (Wildman–Crippen MR) is 44.5 cm³/mol. The molecule has 0 fully saturated rings. The molecule has 11 heavy (non-hydrogen) atoms. The second-order valence-corrected chi connectivity index (χ2v) is 2.79. The molecule has 0 radical (unpaired) electrons. The van der Waals surface area contributed by atoms with Crippen molar-refractivity contribution in [3.63, 3.8) is 0 Å². The van der Waals surface area contributed by atoms with Crippen molar-refractivity contribution in [3.05, 3.63) is 29.6 Å². The van der Waals surface area contributed by atoms with E-state index in [9.17, 15) is 0 Å². The van der Waals surface area contributed by atoms with Gasteiger partial charge in [-0.2, -0.15) is 0 Å². The number of aliphatic hydroxyl groups is 1. The Morgan fingerprint density at radius 2 is 2.27 bits per heavy atom. The molecule has 0 aromatic carbocycles. The highest BCUT2D eigenvalue weighted by Gasteiger charge is 2.03. The standard InChI is InChI=1S/C9H13NO/c1-7(6-11)9-5-3-4-8(2)10-9/h3-5,7,11H,6H2,1-2H3. The number of aryl methyl sites for hydroxylation is 1. The molecule has 1 aromatic heterocycles. The molecular weight excluding hydrogens is 138 g/mol. The first-order valence-corrected chi connectivity index (χ1v) is 3.78. The molecule has 1 rings (SSSR count). The second-order valence-electron chi connectivity index (χ2n) is 2.79. The Morgan fingerprint density at radius 3 is 2.82 bits per heavy atom. The Hall–Kier alpha value is -0.890. The summed E-state index contributed by atoms with van der Waals surface area (Å²) in [6, 6.07) is 5.85. The van der Waals surface area contributed by atoms with Gasteiger partial charge < -0.3 is 5.11 Å². The third kappa shape index (κ3) is 2.02. The fourth-order valence-electron chi connectivity index (χ4n) is 0.932. The number of nitrogens with zero attached hydrogens (tertiary/aromatic N) is 1. The molecule has 0 saturated heterocycles. The Bertz CT molecular complexity index is 235. The predicted octanol–water partition coefficient (Wildman–Crippen LogP) is 1.49. The lowest BCUT2D eigenvalue weighted by molar-refractivity contribution is 0.271. The molecule has 0 spiro atoms. The van der Waals surface area contributed by atoms with Crippen LogP contribution in [-0.4, -0.2) is 16.7 Å². The van der Waals surface area contributed by atoms with Crippen molar-refractivity contribution in [2.75, 3.05) is 6.61 Å². The van der Waals surface area contributed by atoms with E-state index in [4.69, 9.17) is 5.11 Å². The van der Waals surface area contributed by atoms with E-state index >= 15 is 0 Å². The van der Waals surface area contributed by atoms with E-state index in [0.29, 0.717) is 0 Å². The van der Waals surface area contributed by atoms with Gasteiger partial charge in [-0.25, -0.2) is 0 Å². The van der Waals surface area contributed by atoms with Gasteiger partial charge in [-0.15, -0.1) is 0 Å². The SMILES string of the molecule is Cc1cccc(C(C)CO)n1. The first kappa shape index (κ1) is 8.21. The lowest BCUT2D eigenvalue weighted by atomic mass is 10.1. The van der Waals surface area contributed by atoms with Gasteiger partial charge in [0, 0.05) is 17.3 Å². The highest BCUT2D eigenvalue weighted by Crippen LogP contribution is 2.10. The number of hydrogen-bond acceptors (Lipinski definition) is 2. The van der Waals surface area contributed by atoms with Crippen LogP contribution in [0.3, 0.4) is 0 Å². The number of hydrogen-bond donors (Lipinski definition) is 1. The zero-order valence-corrected chi connectivity index (χ0v) is 6.91. The molecule has 2 heteroatoms. The highest BCUT2D eigenvalue weighted by molar-refractivity contribution is 5.13. The van der Waals surface area contributed by atoms with Gasteiger partial charge in [0.15, 0.2) is 0 Å². The second kappa shape index (κ2) is 3.49. The summed E-state index contributed by atoms with van der Waals surface area (Å²) in [6.45, 7) is 4.08. The largest absolute Gasteiger partial charge is 0.396 e. The average molecular weight is 151 g/mol. The van der Waals surface area contributed by atoms with Crippen molar-refractivity contribution in [2.24, 2.45) is 0 Å². The topological polar surface area (TPSA) is 33.1 Å². The maximum absolute atomic E-state index is 8.84. The van der Waals surface area contributed by atoms with Crippen molar-refractivity contribution in [3.8, 4) is 0 Å². The van der Waals surface area contributed by atoms with Crippen molar-refractivity contribution in [1.82, 2.24) is 4.98 Å². The number of rotatable bonds is 2. The van der Waals surface area contributed by atoms with Gasteiger partial charge >= 0.3 is 0 Å². The molecular formula is C9H13NO. The first-order chi connectivity index (χ1) is 5.24. The molecule has 0 bridgehead atoms. The van der Waals surface area contributed by atoms with Crippen LogP contribution in [0.4, 0.5) is 0 Å². The summed E-state index contributed by atoms with van der Waals surface area (Å²) in [4.78, 5) is 4.28. The lowest BCUT2D eigenvalue weighted by Gasteiger charge is -2.06. The van der Waals surface area contributed by atoms with E-state index in [0.717, 1.165) is 11.4 Å². The smallest absolute Gasteiger partial charge is 0.0512 e. The molecule has 1 atom stereocenters. The molecule has 0 saturated carbocycles. The summed E-state index contributed by atoms with van der Waals surface area (Å²) in [7, 11) is 0. The van der Waals surface area contributed by atoms with Crippen molar-refractivity contribution in [1.29, 1.82) is 0 Å². The zero-order valence-electron chi connectivity index (χ0n) is 6.91. The Kier molecular flexibility index (Phi) is 2.60. The van der Waals surface area contributed by atoms with Gasteiger partial charge in [0.2, 0.25) is 0 Å². The molecule has 2 nitrogen and oxygen atoms in total. The molecule has 0 aliphatic heterocycles. The van der Waals surface area contributed by atoms with E-state index in [-0.39, 0.29) is 12.5 Å². The van der Waals surface area contributed by atoms with Gasteiger partial charge in [-0.3, -0.25) is 4.98 Å². The van der Waals surface area contributed by atoms with E-state index in [1.165, 1.54) is 0 Å². The van der Waals surface area contributed by atoms with Crippen LogP contribution in [0.15, 0.2) is 18.2 Å². The lowest BCUT2D eigenvalue weighted by Crippen LogP contribution is -2.01. The normalized spacial score (nSPS) is 13.0. The third-order valence-corrected chi connectivity index (χ3v) is 1.69. The quantitative estimate of drug-likeness (QED) is 0.694. The van der Waals surface area contributed by atoms with Crippen LogP contribution >= 0.6 is 0 Å². The van der Waals surface area contributed by atoms with Gasteiger partial charge in [-0.1, -0.05) is 13.0 Å². The fourth-order valence-corrected chi connectivity index (χ4v) is 0.932. The van der Waals surface area contributed by atoms with E-state index < -0.39 is 0 Å².